The Morgan fingerprint density at radius 1 is 0.767 bits per heavy atom. The van der Waals surface area contributed by atoms with Crippen LogP contribution in [-0.2, 0) is 11.2 Å². The third-order valence-electron chi connectivity index (χ3n) is 4.59. The summed E-state index contributed by atoms with van der Waals surface area (Å²) in [7, 11) is 3.20. The molecule has 0 radical (unpaired) electrons. The number of hydrogen-bond donors (Lipinski definition) is 2. The second-order valence-electron chi connectivity index (χ2n) is 6.62. The zero-order valence-electron chi connectivity index (χ0n) is 17.0. The van der Waals surface area contributed by atoms with Crippen LogP contribution < -0.4 is 20.1 Å². The number of anilines is 2. The number of benzene rings is 3. The Bertz CT molecular complexity index is 998. The molecule has 0 fully saturated rings. The van der Waals surface area contributed by atoms with Crippen LogP contribution in [0.1, 0.15) is 22.3 Å². The third kappa shape index (κ3) is 5.61. The maximum atomic E-state index is 12.7. The molecule has 0 unspecified atom stereocenters. The summed E-state index contributed by atoms with van der Waals surface area (Å²) >= 11 is 0. The van der Waals surface area contributed by atoms with E-state index in [9.17, 15) is 9.59 Å². The lowest BCUT2D eigenvalue weighted by molar-refractivity contribution is -0.116. The van der Waals surface area contributed by atoms with Crippen molar-refractivity contribution in [2.75, 3.05) is 24.9 Å². The van der Waals surface area contributed by atoms with Crippen molar-refractivity contribution in [3.8, 4) is 11.5 Å². The summed E-state index contributed by atoms with van der Waals surface area (Å²) in [5.74, 6) is 1.03. The van der Waals surface area contributed by atoms with E-state index >= 15 is 0 Å². The molecule has 6 heteroatoms. The molecule has 154 valence electrons. The zero-order chi connectivity index (χ0) is 21.3. The minimum absolute atomic E-state index is 0.157. The van der Waals surface area contributed by atoms with Crippen LogP contribution in [-0.4, -0.2) is 26.0 Å². The number of aryl methyl sites for hydroxylation is 1. The topological polar surface area (TPSA) is 76.7 Å². The number of amides is 2. The van der Waals surface area contributed by atoms with Crippen LogP contribution >= 0.6 is 0 Å². The predicted molar refractivity (Wildman–Crippen MR) is 117 cm³/mol. The van der Waals surface area contributed by atoms with Crippen LogP contribution in [0, 0.1) is 0 Å². The van der Waals surface area contributed by atoms with Crippen LogP contribution in [0.3, 0.4) is 0 Å². The molecule has 2 N–H and O–H groups in total. The van der Waals surface area contributed by atoms with Gasteiger partial charge in [0, 0.05) is 12.1 Å². The highest BCUT2D eigenvalue weighted by molar-refractivity contribution is 6.10. The maximum Gasteiger partial charge on any atom is 0.257 e. The Kier molecular flexibility index (Phi) is 7.05. The highest BCUT2D eigenvalue weighted by Gasteiger charge is 2.13. The SMILES string of the molecule is COc1ccc(CCC(=O)Nc2ccccc2C(=O)Nc2ccc(OC)cc2)cc1. The lowest BCUT2D eigenvalue weighted by Crippen LogP contribution is -2.18. The van der Waals surface area contributed by atoms with Gasteiger partial charge in [-0.25, -0.2) is 0 Å². The molecule has 0 bridgehead atoms. The van der Waals surface area contributed by atoms with Crippen molar-refractivity contribution in [1.29, 1.82) is 0 Å². The highest BCUT2D eigenvalue weighted by Crippen LogP contribution is 2.20. The number of rotatable bonds is 8. The summed E-state index contributed by atoms with van der Waals surface area (Å²) in [5.41, 5.74) is 2.55. The number of hydrogen-bond acceptors (Lipinski definition) is 4. The number of carbonyl (C=O) groups excluding carboxylic acids is 2. The number of para-hydroxylation sites is 1. The first-order valence-corrected chi connectivity index (χ1v) is 9.56. The summed E-state index contributed by atoms with van der Waals surface area (Å²) in [5, 5.41) is 5.68. The lowest BCUT2D eigenvalue weighted by Gasteiger charge is -2.12. The fourth-order valence-electron chi connectivity index (χ4n) is 2.93. The quantitative estimate of drug-likeness (QED) is 0.578. The molecule has 2 amide bonds. The second kappa shape index (κ2) is 10.1. The van der Waals surface area contributed by atoms with Gasteiger partial charge >= 0.3 is 0 Å². The van der Waals surface area contributed by atoms with Gasteiger partial charge in [-0.1, -0.05) is 24.3 Å². The fraction of sp³-hybridized carbons (Fsp3) is 0.167. The van der Waals surface area contributed by atoms with E-state index < -0.39 is 0 Å². The van der Waals surface area contributed by atoms with Gasteiger partial charge in [-0.05, 0) is 60.5 Å². The molecule has 0 aliphatic rings. The van der Waals surface area contributed by atoms with E-state index in [0.29, 0.717) is 35.5 Å². The molecule has 0 aliphatic heterocycles. The summed E-state index contributed by atoms with van der Waals surface area (Å²) < 4.78 is 10.3. The summed E-state index contributed by atoms with van der Waals surface area (Å²) in [6.07, 6.45) is 0.900. The van der Waals surface area contributed by atoms with Gasteiger partial charge < -0.3 is 20.1 Å². The van der Waals surface area contributed by atoms with Crippen molar-refractivity contribution in [3.63, 3.8) is 0 Å². The summed E-state index contributed by atoms with van der Waals surface area (Å²) in [4.78, 5) is 25.1. The van der Waals surface area contributed by atoms with Crippen molar-refractivity contribution in [3.05, 3.63) is 83.9 Å². The third-order valence-corrected chi connectivity index (χ3v) is 4.59. The van der Waals surface area contributed by atoms with E-state index in [-0.39, 0.29) is 11.8 Å². The van der Waals surface area contributed by atoms with Gasteiger partial charge in [0.1, 0.15) is 11.5 Å². The Morgan fingerprint density at radius 2 is 1.37 bits per heavy atom. The normalized spacial score (nSPS) is 10.2. The molecular formula is C24H24N2O4. The van der Waals surface area contributed by atoms with E-state index in [4.69, 9.17) is 9.47 Å². The summed E-state index contributed by atoms with van der Waals surface area (Å²) in [6, 6.07) is 21.6. The van der Waals surface area contributed by atoms with Gasteiger partial charge in [-0.3, -0.25) is 9.59 Å². The molecule has 0 atom stereocenters. The van der Waals surface area contributed by atoms with Gasteiger partial charge in [-0.2, -0.15) is 0 Å². The average molecular weight is 404 g/mol. The van der Waals surface area contributed by atoms with Crippen molar-refractivity contribution >= 4 is 23.2 Å². The van der Waals surface area contributed by atoms with E-state index in [1.54, 1.807) is 62.8 Å². The Hall–Kier alpha value is -3.80. The maximum absolute atomic E-state index is 12.7. The number of nitrogens with one attached hydrogen (secondary N) is 2. The van der Waals surface area contributed by atoms with Gasteiger partial charge in [0.2, 0.25) is 5.91 Å². The molecule has 0 aliphatic carbocycles. The highest BCUT2D eigenvalue weighted by atomic mass is 16.5. The van der Waals surface area contributed by atoms with Crippen molar-refractivity contribution in [2.45, 2.75) is 12.8 Å². The molecule has 6 nitrogen and oxygen atoms in total. The second-order valence-corrected chi connectivity index (χ2v) is 6.62. The molecule has 0 spiro atoms. The molecule has 0 saturated carbocycles. The van der Waals surface area contributed by atoms with Gasteiger partial charge in [-0.15, -0.1) is 0 Å². The Morgan fingerprint density at radius 3 is 2.00 bits per heavy atom. The van der Waals surface area contributed by atoms with Crippen LogP contribution in [0.2, 0.25) is 0 Å². The Labute approximate surface area is 175 Å². The van der Waals surface area contributed by atoms with Gasteiger partial charge in [0.05, 0.1) is 25.5 Å². The lowest BCUT2D eigenvalue weighted by atomic mass is 10.1. The average Bonchev–Trinajstić information content (AvgIpc) is 2.79. The van der Waals surface area contributed by atoms with Gasteiger partial charge in [0.25, 0.3) is 5.91 Å². The first-order chi connectivity index (χ1) is 14.6. The predicted octanol–water partition coefficient (Wildman–Crippen LogP) is 4.53. The molecule has 3 rings (SSSR count). The fourth-order valence-corrected chi connectivity index (χ4v) is 2.93. The van der Waals surface area contributed by atoms with Gasteiger partial charge in [0.15, 0.2) is 0 Å². The number of methoxy groups -OCH3 is 2. The number of carbonyl (C=O) groups is 2. The minimum atomic E-state index is -0.300. The first kappa shape index (κ1) is 20.9. The largest absolute Gasteiger partial charge is 0.497 e. The standard InChI is InChI=1S/C24H24N2O4/c1-29-19-12-7-17(8-13-19)9-16-23(27)26-22-6-4-3-5-21(22)24(28)25-18-10-14-20(30-2)15-11-18/h3-8,10-15H,9,16H2,1-2H3,(H,25,28)(H,26,27). The van der Waals surface area contributed by atoms with Crippen molar-refractivity contribution < 1.29 is 19.1 Å². The molecule has 3 aromatic carbocycles. The molecule has 0 saturated heterocycles. The van der Waals surface area contributed by atoms with E-state index in [0.717, 1.165) is 11.3 Å². The van der Waals surface area contributed by atoms with E-state index in [1.165, 1.54) is 0 Å². The molecular weight excluding hydrogens is 380 g/mol. The van der Waals surface area contributed by atoms with Crippen LogP contribution in [0.25, 0.3) is 0 Å². The first-order valence-electron chi connectivity index (χ1n) is 9.56. The number of ether oxygens (including phenoxy) is 2. The van der Waals surface area contributed by atoms with Crippen LogP contribution in [0.4, 0.5) is 11.4 Å². The van der Waals surface area contributed by atoms with Crippen LogP contribution in [0.5, 0.6) is 11.5 Å². The summed E-state index contributed by atoms with van der Waals surface area (Å²) in [6.45, 7) is 0. The van der Waals surface area contributed by atoms with Crippen molar-refractivity contribution in [2.24, 2.45) is 0 Å². The monoisotopic (exact) mass is 404 g/mol. The molecule has 0 heterocycles. The van der Waals surface area contributed by atoms with E-state index in [1.807, 2.05) is 24.3 Å². The minimum Gasteiger partial charge on any atom is -0.497 e. The zero-order valence-corrected chi connectivity index (χ0v) is 17.0. The smallest absolute Gasteiger partial charge is 0.257 e. The van der Waals surface area contributed by atoms with Crippen LogP contribution in [0.15, 0.2) is 72.8 Å². The molecule has 30 heavy (non-hydrogen) atoms. The molecule has 0 aromatic heterocycles. The van der Waals surface area contributed by atoms with E-state index in [2.05, 4.69) is 10.6 Å². The molecule has 3 aromatic rings. The van der Waals surface area contributed by atoms with Crippen molar-refractivity contribution in [1.82, 2.24) is 0 Å². The Balaban J connectivity index is 1.61.